The first-order valence-corrected chi connectivity index (χ1v) is 11.1. The second-order valence-corrected chi connectivity index (χ2v) is 9.69. The highest BCUT2D eigenvalue weighted by molar-refractivity contribution is 7.22. The SMILES string of the molecule is Cc1cc2cc(C)c(-c3sc4cc5cc(C)c(C)cc5cc4c3C)cc2cc1C. The number of hydrogen-bond donors (Lipinski definition) is 0. The maximum absolute atomic E-state index is 2.39. The molecule has 0 saturated carbocycles. The Bertz CT molecular complexity index is 1450. The highest BCUT2D eigenvalue weighted by atomic mass is 32.1. The van der Waals surface area contributed by atoms with Gasteiger partial charge in [0.05, 0.1) is 0 Å². The van der Waals surface area contributed by atoms with Crippen LogP contribution in [0.25, 0.3) is 42.1 Å². The molecule has 0 radical (unpaired) electrons. The second-order valence-electron chi connectivity index (χ2n) is 8.64. The van der Waals surface area contributed by atoms with Crippen LogP contribution < -0.4 is 0 Å². The van der Waals surface area contributed by atoms with Crippen LogP contribution in [0.1, 0.15) is 33.4 Å². The summed E-state index contributed by atoms with van der Waals surface area (Å²) < 4.78 is 1.38. The summed E-state index contributed by atoms with van der Waals surface area (Å²) in [5, 5.41) is 6.75. The molecule has 1 aromatic heterocycles. The van der Waals surface area contributed by atoms with Gasteiger partial charge in [0.15, 0.2) is 0 Å². The zero-order chi connectivity index (χ0) is 20.4. The third kappa shape index (κ3) is 2.88. The van der Waals surface area contributed by atoms with E-state index >= 15 is 0 Å². The van der Waals surface area contributed by atoms with Crippen LogP contribution in [-0.2, 0) is 0 Å². The van der Waals surface area contributed by atoms with Crippen LogP contribution in [0.2, 0.25) is 0 Å². The van der Waals surface area contributed by atoms with Gasteiger partial charge in [-0.25, -0.2) is 0 Å². The zero-order valence-electron chi connectivity index (χ0n) is 18.0. The van der Waals surface area contributed by atoms with Crippen LogP contribution in [0.4, 0.5) is 0 Å². The quantitative estimate of drug-likeness (QED) is 0.267. The van der Waals surface area contributed by atoms with E-state index in [4.69, 9.17) is 0 Å². The molecule has 4 aromatic carbocycles. The molecule has 29 heavy (non-hydrogen) atoms. The van der Waals surface area contributed by atoms with Crippen LogP contribution >= 0.6 is 11.3 Å². The fourth-order valence-corrected chi connectivity index (χ4v) is 5.76. The minimum atomic E-state index is 1.34. The summed E-state index contributed by atoms with van der Waals surface area (Å²) in [7, 11) is 0. The molecule has 0 amide bonds. The smallest absolute Gasteiger partial charge is 0.0387 e. The van der Waals surface area contributed by atoms with Crippen molar-refractivity contribution in [3.8, 4) is 10.4 Å². The first-order valence-electron chi connectivity index (χ1n) is 10.3. The summed E-state index contributed by atoms with van der Waals surface area (Å²) in [4.78, 5) is 1.40. The van der Waals surface area contributed by atoms with Crippen molar-refractivity contribution in [2.24, 2.45) is 0 Å². The third-order valence-electron chi connectivity index (χ3n) is 6.55. The van der Waals surface area contributed by atoms with Gasteiger partial charge in [0.1, 0.15) is 0 Å². The lowest BCUT2D eigenvalue weighted by atomic mass is 9.95. The molecule has 0 bridgehead atoms. The van der Waals surface area contributed by atoms with Gasteiger partial charge in [-0.05, 0) is 126 Å². The van der Waals surface area contributed by atoms with E-state index in [0.717, 1.165) is 0 Å². The van der Waals surface area contributed by atoms with Crippen molar-refractivity contribution in [2.75, 3.05) is 0 Å². The van der Waals surface area contributed by atoms with Crippen molar-refractivity contribution >= 4 is 43.0 Å². The Morgan fingerprint density at radius 3 is 1.52 bits per heavy atom. The van der Waals surface area contributed by atoms with Crippen molar-refractivity contribution in [3.05, 3.63) is 81.9 Å². The Morgan fingerprint density at radius 2 is 0.931 bits per heavy atom. The van der Waals surface area contributed by atoms with E-state index in [2.05, 4.69) is 90.1 Å². The molecule has 144 valence electrons. The van der Waals surface area contributed by atoms with E-state index in [9.17, 15) is 0 Å². The number of benzene rings is 4. The fraction of sp³-hybridized carbons (Fsp3) is 0.214. The summed E-state index contributed by atoms with van der Waals surface area (Å²) >= 11 is 1.93. The summed E-state index contributed by atoms with van der Waals surface area (Å²) in [5.74, 6) is 0. The Labute approximate surface area is 176 Å². The molecule has 0 saturated heterocycles. The molecule has 0 unspecified atom stereocenters. The van der Waals surface area contributed by atoms with Crippen LogP contribution in [0.5, 0.6) is 0 Å². The second kappa shape index (κ2) is 6.43. The van der Waals surface area contributed by atoms with Crippen molar-refractivity contribution in [1.29, 1.82) is 0 Å². The Kier molecular flexibility index (Phi) is 4.08. The molecular weight excluding hydrogens is 368 g/mol. The van der Waals surface area contributed by atoms with Gasteiger partial charge in [-0.1, -0.05) is 30.3 Å². The van der Waals surface area contributed by atoms with Crippen LogP contribution in [0, 0.1) is 41.5 Å². The van der Waals surface area contributed by atoms with Crippen LogP contribution in [-0.4, -0.2) is 0 Å². The molecule has 0 aliphatic heterocycles. The standard InChI is InChI=1S/C28H26S/c1-15-7-21-11-19(5)25(12-22(21)8-16(15)2)28-20(6)26-13-23-9-17(3)18(4)10-24(23)14-27(26)29-28/h7-14H,1-6H3. The number of hydrogen-bond acceptors (Lipinski definition) is 1. The van der Waals surface area contributed by atoms with Crippen molar-refractivity contribution < 1.29 is 0 Å². The van der Waals surface area contributed by atoms with Crippen molar-refractivity contribution in [3.63, 3.8) is 0 Å². The summed E-state index contributed by atoms with van der Waals surface area (Å²) in [6, 6.07) is 18.8. The number of aryl methyl sites for hydroxylation is 6. The molecule has 5 aromatic rings. The van der Waals surface area contributed by atoms with Gasteiger partial charge in [0.25, 0.3) is 0 Å². The minimum absolute atomic E-state index is 1.34. The molecule has 1 heteroatoms. The minimum Gasteiger partial charge on any atom is -0.135 e. The van der Waals surface area contributed by atoms with Gasteiger partial charge in [0, 0.05) is 9.58 Å². The van der Waals surface area contributed by atoms with Crippen molar-refractivity contribution in [2.45, 2.75) is 41.5 Å². The summed E-state index contributed by atoms with van der Waals surface area (Å²) in [6.45, 7) is 13.3. The van der Waals surface area contributed by atoms with Crippen LogP contribution in [0.15, 0.2) is 48.5 Å². The highest BCUT2D eigenvalue weighted by Crippen LogP contribution is 2.42. The van der Waals surface area contributed by atoms with Crippen LogP contribution in [0.3, 0.4) is 0 Å². The molecule has 0 fully saturated rings. The molecular formula is C28H26S. The van der Waals surface area contributed by atoms with Gasteiger partial charge in [0.2, 0.25) is 0 Å². The van der Waals surface area contributed by atoms with Gasteiger partial charge in [-0.3, -0.25) is 0 Å². The number of rotatable bonds is 1. The predicted molar refractivity (Wildman–Crippen MR) is 131 cm³/mol. The molecule has 0 aliphatic rings. The van der Waals surface area contributed by atoms with E-state index in [1.165, 1.54) is 75.5 Å². The first kappa shape index (κ1) is 18.4. The van der Waals surface area contributed by atoms with Gasteiger partial charge in [-0.15, -0.1) is 11.3 Å². The monoisotopic (exact) mass is 394 g/mol. The molecule has 5 rings (SSSR count). The summed E-state index contributed by atoms with van der Waals surface area (Å²) in [5.41, 5.74) is 9.57. The van der Waals surface area contributed by atoms with E-state index < -0.39 is 0 Å². The van der Waals surface area contributed by atoms with Gasteiger partial charge in [-0.2, -0.15) is 0 Å². The molecule has 0 aliphatic carbocycles. The van der Waals surface area contributed by atoms with E-state index in [-0.39, 0.29) is 0 Å². The third-order valence-corrected chi connectivity index (χ3v) is 7.84. The zero-order valence-corrected chi connectivity index (χ0v) is 18.8. The van der Waals surface area contributed by atoms with Gasteiger partial charge >= 0.3 is 0 Å². The average Bonchev–Trinajstić information content (AvgIpc) is 2.98. The van der Waals surface area contributed by atoms with E-state index in [1.807, 2.05) is 11.3 Å². The molecule has 0 atom stereocenters. The predicted octanol–water partition coefficient (Wildman–Crippen LogP) is 8.73. The number of fused-ring (bicyclic) bond motifs is 3. The largest absolute Gasteiger partial charge is 0.135 e. The lowest BCUT2D eigenvalue weighted by Crippen LogP contribution is -1.87. The van der Waals surface area contributed by atoms with Crippen molar-refractivity contribution in [1.82, 2.24) is 0 Å². The fourth-order valence-electron chi connectivity index (χ4n) is 4.44. The lowest BCUT2D eigenvalue weighted by Gasteiger charge is -2.10. The highest BCUT2D eigenvalue weighted by Gasteiger charge is 2.15. The lowest BCUT2D eigenvalue weighted by molar-refractivity contribution is 1.36. The Hall–Kier alpha value is -2.64. The first-order chi connectivity index (χ1) is 13.8. The maximum Gasteiger partial charge on any atom is 0.0387 e. The topological polar surface area (TPSA) is 0 Å². The molecule has 0 nitrogen and oxygen atoms in total. The maximum atomic E-state index is 2.39. The van der Waals surface area contributed by atoms with E-state index in [0.29, 0.717) is 0 Å². The summed E-state index contributed by atoms with van der Waals surface area (Å²) in [6.07, 6.45) is 0. The molecule has 0 spiro atoms. The Balaban J connectivity index is 1.78. The molecule has 1 heterocycles. The van der Waals surface area contributed by atoms with Gasteiger partial charge < -0.3 is 0 Å². The number of thiophene rings is 1. The normalized spacial score (nSPS) is 11.8. The van der Waals surface area contributed by atoms with E-state index in [1.54, 1.807) is 0 Å². The average molecular weight is 395 g/mol. The molecule has 0 N–H and O–H groups in total. The Morgan fingerprint density at radius 1 is 0.483 bits per heavy atom.